The van der Waals surface area contributed by atoms with Gasteiger partial charge in [0.1, 0.15) is 5.60 Å². The first-order chi connectivity index (χ1) is 12.3. The number of methoxy groups -OCH3 is 1. The molecule has 142 valence electrons. The van der Waals surface area contributed by atoms with Crippen molar-refractivity contribution in [2.24, 2.45) is 5.92 Å². The van der Waals surface area contributed by atoms with E-state index in [0.717, 1.165) is 0 Å². The van der Waals surface area contributed by atoms with Gasteiger partial charge in [0, 0.05) is 23.7 Å². The molecule has 1 amide bonds. The molecule has 2 bridgehead atoms. The summed E-state index contributed by atoms with van der Waals surface area (Å²) in [5.41, 5.74) is 0.0220. The van der Waals surface area contributed by atoms with E-state index in [9.17, 15) is 9.59 Å². The quantitative estimate of drug-likeness (QED) is 0.770. The Bertz CT molecular complexity index is 654. The number of pyridine rings is 1. The molecule has 3 rings (SSSR count). The van der Waals surface area contributed by atoms with Crippen molar-refractivity contribution in [3.63, 3.8) is 0 Å². The van der Waals surface area contributed by atoms with Crippen LogP contribution in [0.2, 0.25) is 0 Å². The van der Waals surface area contributed by atoms with Gasteiger partial charge in [-0.15, -0.1) is 0 Å². The number of carbonyl (C=O) groups excluding carboxylic acids is 2. The average molecular weight is 362 g/mol. The van der Waals surface area contributed by atoms with Crippen molar-refractivity contribution in [1.82, 2.24) is 9.88 Å². The predicted molar refractivity (Wildman–Crippen MR) is 94.3 cm³/mol. The maximum Gasteiger partial charge on any atom is 0.410 e. The third-order valence-corrected chi connectivity index (χ3v) is 4.73. The van der Waals surface area contributed by atoms with E-state index in [0.29, 0.717) is 37.5 Å². The second-order valence-corrected chi connectivity index (χ2v) is 7.85. The number of Topliss-reactive ketones (excluding diaryl/α,β-unsaturated/α-hetero) is 1. The Morgan fingerprint density at radius 1 is 1.19 bits per heavy atom. The van der Waals surface area contributed by atoms with Crippen LogP contribution in [-0.2, 0) is 9.47 Å². The monoisotopic (exact) mass is 362 g/mol. The molecule has 2 aliphatic heterocycles. The number of piperidine rings is 1. The van der Waals surface area contributed by atoms with Crippen LogP contribution in [0.3, 0.4) is 0 Å². The first-order valence-corrected chi connectivity index (χ1v) is 8.92. The van der Waals surface area contributed by atoms with Crippen molar-refractivity contribution in [2.45, 2.75) is 51.3 Å². The smallest absolute Gasteiger partial charge is 0.410 e. The van der Waals surface area contributed by atoms with Crippen molar-refractivity contribution in [1.29, 1.82) is 0 Å². The molecule has 2 unspecified atom stereocenters. The summed E-state index contributed by atoms with van der Waals surface area (Å²) in [5.74, 6) is 0.384. The van der Waals surface area contributed by atoms with Gasteiger partial charge in [-0.2, -0.15) is 0 Å². The Morgan fingerprint density at radius 2 is 1.85 bits per heavy atom. The summed E-state index contributed by atoms with van der Waals surface area (Å²) >= 11 is 0. The third-order valence-electron chi connectivity index (χ3n) is 4.73. The summed E-state index contributed by atoms with van der Waals surface area (Å²) in [7, 11) is 1.54. The molecule has 1 aromatic rings. The number of fused-ring (bicyclic) bond motifs is 2. The van der Waals surface area contributed by atoms with Gasteiger partial charge in [-0.25, -0.2) is 9.78 Å². The van der Waals surface area contributed by atoms with Crippen LogP contribution in [0.15, 0.2) is 18.3 Å². The van der Waals surface area contributed by atoms with Crippen LogP contribution >= 0.6 is 0 Å². The van der Waals surface area contributed by atoms with Crippen LogP contribution in [0.25, 0.3) is 0 Å². The van der Waals surface area contributed by atoms with E-state index >= 15 is 0 Å². The van der Waals surface area contributed by atoms with Crippen LogP contribution in [0.1, 0.15) is 44.0 Å². The highest BCUT2D eigenvalue weighted by molar-refractivity contribution is 5.97. The number of amides is 1. The molecule has 0 N–H and O–H groups in total. The molecule has 2 fully saturated rings. The van der Waals surface area contributed by atoms with E-state index in [2.05, 4.69) is 4.98 Å². The van der Waals surface area contributed by atoms with Gasteiger partial charge in [-0.1, -0.05) is 0 Å². The molecule has 26 heavy (non-hydrogen) atoms. The molecule has 1 aromatic heterocycles. The van der Waals surface area contributed by atoms with Crippen LogP contribution in [-0.4, -0.2) is 59.8 Å². The van der Waals surface area contributed by atoms with E-state index in [4.69, 9.17) is 14.2 Å². The highest BCUT2D eigenvalue weighted by Crippen LogP contribution is 2.34. The Balaban J connectivity index is 1.72. The maximum absolute atomic E-state index is 12.9. The number of rotatable bonds is 3. The maximum atomic E-state index is 12.9. The number of morpholine rings is 1. The number of ketones is 1. The van der Waals surface area contributed by atoms with Gasteiger partial charge in [-0.3, -0.25) is 9.69 Å². The Morgan fingerprint density at radius 3 is 2.35 bits per heavy atom. The molecule has 2 atom stereocenters. The molecule has 0 saturated carbocycles. The first kappa shape index (κ1) is 18.6. The Hall–Kier alpha value is -2.15. The van der Waals surface area contributed by atoms with Gasteiger partial charge in [0.15, 0.2) is 5.78 Å². The SMILES string of the molecule is COc1ccc(C(=O)C2CC3COCC(C2)N3C(=O)OC(C)(C)C)cn1. The molecular formula is C19H26N2O5. The lowest BCUT2D eigenvalue weighted by molar-refractivity contribution is -0.0861. The van der Waals surface area contributed by atoms with E-state index in [-0.39, 0.29) is 29.9 Å². The Labute approximate surface area is 153 Å². The number of hydrogen-bond donors (Lipinski definition) is 0. The fourth-order valence-corrected chi connectivity index (χ4v) is 3.62. The van der Waals surface area contributed by atoms with Crippen molar-refractivity contribution in [3.05, 3.63) is 23.9 Å². The highest BCUT2D eigenvalue weighted by Gasteiger charge is 2.45. The lowest BCUT2D eigenvalue weighted by Crippen LogP contribution is -2.60. The zero-order valence-corrected chi connectivity index (χ0v) is 15.7. The van der Waals surface area contributed by atoms with Crippen molar-refractivity contribution in [2.75, 3.05) is 20.3 Å². The number of carbonyl (C=O) groups is 2. The number of hydrogen-bond acceptors (Lipinski definition) is 6. The second kappa shape index (κ2) is 7.23. The summed E-state index contributed by atoms with van der Waals surface area (Å²) in [4.78, 5) is 31.3. The van der Waals surface area contributed by atoms with Crippen LogP contribution in [0.5, 0.6) is 5.88 Å². The van der Waals surface area contributed by atoms with Gasteiger partial charge >= 0.3 is 6.09 Å². The normalized spacial score (nSPS) is 25.5. The first-order valence-electron chi connectivity index (χ1n) is 8.92. The van der Waals surface area contributed by atoms with Gasteiger partial charge < -0.3 is 14.2 Å². The highest BCUT2D eigenvalue weighted by atomic mass is 16.6. The molecule has 2 saturated heterocycles. The van der Waals surface area contributed by atoms with E-state index in [1.807, 2.05) is 20.8 Å². The summed E-state index contributed by atoms with van der Waals surface area (Å²) in [6, 6.07) is 3.14. The molecule has 0 aromatic carbocycles. The zero-order valence-electron chi connectivity index (χ0n) is 15.7. The van der Waals surface area contributed by atoms with Crippen LogP contribution in [0, 0.1) is 5.92 Å². The minimum absolute atomic E-state index is 0.0564. The van der Waals surface area contributed by atoms with Crippen LogP contribution in [0.4, 0.5) is 4.79 Å². The fourth-order valence-electron chi connectivity index (χ4n) is 3.62. The standard InChI is InChI=1S/C19H26N2O5/c1-19(2,3)26-18(23)21-14-7-13(8-15(21)11-25-10-14)17(22)12-5-6-16(24-4)20-9-12/h5-6,9,13-15H,7-8,10-11H2,1-4H3. The van der Waals surface area contributed by atoms with Crippen molar-refractivity contribution in [3.8, 4) is 5.88 Å². The molecule has 7 heteroatoms. The largest absolute Gasteiger partial charge is 0.481 e. The third kappa shape index (κ3) is 3.98. The summed E-state index contributed by atoms with van der Waals surface area (Å²) in [5, 5.41) is 0. The minimum Gasteiger partial charge on any atom is -0.481 e. The number of ether oxygens (including phenoxy) is 3. The molecule has 0 spiro atoms. The van der Waals surface area contributed by atoms with Crippen molar-refractivity contribution < 1.29 is 23.8 Å². The minimum atomic E-state index is -0.548. The van der Waals surface area contributed by atoms with Gasteiger partial charge in [-0.05, 0) is 39.7 Å². The fraction of sp³-hybridized carbons (Fsp3) is 0.632. The lowest BCUT2D eigenvalue weighted by atomic mass is 9.81. The molecule has 7 nitrogen and oxygen atoms in total. The lowest BCUT2D eigenvalue weighted by Gasteiger charge is -2.47. The van der Waals surface area contributed by atoms with Gasteiger partial charge in [0.25, 0.3) is 0 Å². The van der Waals surface area contributed by atoms with E-state index in [1.165, 1.54) is 7.11 Å². The molecule has 0 radical (unpaired) electrons. The number of aromatic nitrogens is 1. The molecule has 3 heterocycles. The second-order valence-electron chi connectivity index (χ2n) is 7.85. The molecular weight excluding hydrogens is 336 g/mol. The van der Waals surface area contributed by atoms with E-state index < -0.39 is 5.60 Å². The molecule has 0 aliphatic carbocycles. The summed E-state index contributed by atoms with van der Waals surface area (Å²) in [6.45, 7) is 6.42. The van der Waals surface area contributed by atoms with E-state index in [1.54, 1.807) is 23.2 Å². The van der Waals surface area contributed by atoms with Gasteiger partial charge in [0.2, 0.25) is 5.88 Å². The molecule has 2 aliphatic rings. The Kier molecular flexibility index (Phi) is 5.18. The summed E-state index contributed by atoms with van der Waals surface area (Å²) < 4.78 is 16.2. The predicted octanol–water partition coefficient (Wildman–Crippen LogP) is 2.69. The zero-order chi connectivity index (χ0) is 18.9. The average Bonchev–Trinajstić information content (AvgIpc) is 2.58. The number of nitrogens with zero attached hydrogens (tertiary/aromatic N) is 2. The van der Waals surface area contributed by atoms with Gasteiger partial charge in [0.05, 0.1) is 32.4 Å². The van der Waals surface area contributed by atoms with Crippen molar-refractivity contribution >= 4 is 11.9 Å². The summed E-state index contributed by atoms with van der Waals surface area (Å²) in [6.07, 6.45) is 2.36. The topological polar surface area (TPSA) is 78.0 Å². The van der Waals surface area contributed by atoms with Crippen LogP contribution < -0.4 is 4.74 Å².